The highest BCUT2D eigenvalue weighted by Crippen LogP contribution is 2.17. The number of hydrogen-bond acceptors (Lipinski definition) is 5. The van der Waals surface area contributed by atoms with Crippen molar-refractivity contribution in [3.8, 4) is 0 Å². The van der Waals surface area contributed by atoms with Crippen molar-refractivity contribution < 1.29 is 14.3 Å². The summed E-state index contributed by atoms with van der Waals surface area (Å²) >= 11 is 6.02. The Labute approximate surface area is 113 Å². The number of hydrogen-bond donors (Lipinski definition) is 0. The maximum absolute atomic E-state index is 11.4. The molecule has 0 aliphatic heterocycles. The monoisotopic (exact) mass is 279 g/mol. The standard InChI is InChI=1S/C12H10ClN3O3/c1-19-12(18)11-10(7-17)16(15-14-11)6-8-4-2-3-5-9(8)13/h2-5,7H,6H2,1H3. The molecule has 1 aromatic carbocycles. The Morgan fingerprint density at radius 2 is 2.21 bits per heavy atom. The predicted molar refractivity (Wildman–Crippen MR) is 67.3 cm³/mol. The summed E-state index contributed by atoms with van der Waals surface area (Å²) in [4.78, 5) is 22.5. The van der Waals surface area contributed by atoms with Crippen molar-refractivity contribution in [2.75, 3.05) is 7.11 Å². The Balaban J connectivity index is 2.36. The van der Waals surface area contributed by atoms with Gasteiger partial charge >= 0.3 is 5.97 Å². The van der Waals surface area contributed by atoms with Crippen LogP contribution >= 0.6 is 11.6 Å². The second-order valence-electron chi connectivity index (χ2n) is 3.68. The Kier molecular flexibility index (Phi) is 3.91. The third-order valence-corrected chi connectivity index (χ3v) is 2.91. The molecule has 0 amide bonds. The average molecular weight is 280 g/mol. The number of carbonyl (C=O) groups excluding carboxylic acids is 2. The first-order chi connectivity index (χ1) is 9.17. The van der Waals surface area contributed by atoms with E-state index in [1.807, 2.05) is 6.07 Å². The summed E-state index contributed by atoms with van der Waals surface area (Å²) in [5.74, 6) is -0.701. The van der Waals surface area contributed by atoms with Crippen LogP contribution in [0.2, 0.25) is 5.02 Å². The molecule has 0 aliphatic carbocycles. The van der Waals surface area contributed by atoms with Gasteiger partial charge in [-0.2, -0.15) is 0 Å². The number of carbonyl (C=O) groups is 2. The lowest BCUT2D eigenvalue weighted by atomic mass is 10.2. The van der Waals surface area contributed by atoms with Crippen LogP contribution in [0.5, 0.6) is 0 Å². The quantitative estimate of drug-likeness (QED) is 0.627. The largest absolute Gasteiger partial charge is 0.464 e. The van der Waals surface area contributed by atoms with Crippen LogP contribution in [-0.4, -0.2) is 34.4 Å². The molecule has 0 saturated heterocycles. The number of ether oxygens (including phenoxy) is 1. The number of methoxy groups -OCH3 is 1. The summed E-state index contributed by atoms with van der Waals surface area (Å²) in [6.07, 6.45) is 0.517. The van der Waals surface area contributed by atoms with E-state index in [-0.39, 0.29) is 17.9 Å². The first-order valence-corrected chi connectivity index (χ1v) is 5.75. The van der Waals surface area contributed by atoms with E-state index in [1.165, 1.54) is 11.8 Å². The van der Waals surface area contributed by atoms with Gasteiger partial charge in [-0.25, -0.2) is 9.48 Å². The van der Waals surface area contributed by atoms with Crippen LogP contribution in [0, 0.1) is 0 Å². The molecule has 19 heavy (non-hydrogen) atoms. The summed E-state index contributed by atoms with van der Waals surface area (Å²) in [5, 5.41) is 7.97. The molecule has 0 atom stereocenters. The average Bonchev–Trinajstić information content (AvgIpc) is 2.83. The zero-order valence-corrected chi connectivity index (χ0v) is 10.8. The molecule has 2 rings (SSSR count). The van der Waals surface area contributed by atoms with E-state index in [0.717, 1.165) is 5.56 Å². The molecule has 0 unspecified atom stereocenters. The summed E-state index contributed by atoms with van der Waals surface area (Å²) in [6, 6.07) is 7.15. The zero-order chi connectivity index (χ0) is 13.8. The Bertz CT molecular complexity index is 624. The highest BCUT2D eigenvalue weighted by molar-refractivity contribution is 6.31. The molecule has 1 aromatic heterocycles. The van der Waals surface area contributed by atoms with Crippen LogP contribution in [0.15, 0.2) is 24.3 Å². The molecule has 1 heterocycles. The van der Waals surface area contributed by atoms with Crippen LogP contribution in [0.1, 0.15) is 26.5 Å². The van der Waals surface area contributed by atoms with Crippen LogP contribution in [0.3, 0.4) is 0 Å². The second-order valence-corrected chi connectivity index (χ2v) is 4.09. The van der Waals surface area contributed by atoms with E-state index in [1.54, 1.807) is 18.2 Å². The number of nitrogens with zero attached hydrogens (tertiary/aromatic N) is 3. The topological polar surface area (TPSA) is 74.1 Å². The van der Waals surface area contributed by atoms with Gasteiger partial charge in [0.15, 0.2) is 6.29 Å². The van der Waals surface area contributed by atoms with Crippen LogP contribution in [-0.2, 0) is 11.3 Å². The highest BCUT2D eigenvalue weighted by Gasteiger charge is 2.20. The van der Waals surface area contributed by atoms with Crippen molar-refractivity contribution in [3.63, 3.8) is 0 Å². The Morgan fingerprint density at radius 3 is 2.84 bits per heavy atom. The fourth-order valence-corrected chi connectivity index (χ4v) is 1.78. The van der Waals surface area contributed by atoms with Gasteiger partial charge < -0.3 is 4.74 Å². The van der Waals surface area contributed by atoms with E-state index in [9.17, 15) is 9.59 Å². The molecule has 0 fully saturated rings. The summed E-state index contributed by atoms with van der Waals surface area (Å²) < 4.78 is 5.83. The van der Waals surface area contributed by atoms with Gasteiger partial charge in [-0.3, -0.25) is 4.79 Å². The van der Waals surface area contributed by atoms with Crippen molar-refractivity contribution in [2.24, 2.45) is 0 Å². The van der Waals surface area contributed by atoms with Gasteiger partial charge in [-0.05, 0) is 11.6 Å². The Morgan fingerprint density at radius 1 is 1.47 bits per heavy atom. The predicted octanol–water partition coefficient (Wildman–Crippen LogP) is 1.58. The van der Waals surface area contributed by atoms with Gasteiger partial charge in [-0.15, -0.1) is 5.10 Å². The fourth-order valence-electron chi connectivity index (χ4n) is 1.58. The fraction of sp³-hybridized carbons (Fsp3) is 0.167. The number of aldehydes is 1. The molecule has 0 aliphatic rings. The smallest absolute Gasteiger partial charge is 0.361 e. The van der Waals surface area contributed by atoms with E-state index >= 15 is 0 Å². The van der Waals surface area contributed by atoms with E-state index in [2.05, 4.69) is 15.0 Å². The van der Waals surface area contributed by atoms with E-state index in [4.69, 9.17) is 11.6 Å². The third-order valence-electron chi connectivity index (χ3n) is 2.54. The molecule has 6 nitrogen and oxygen atoms in total. The van der Waals surface area contributed by atoms with Gasteiger partial charge in [0.2, 0.25) is 5.69 Å². The first kappa shape index (κ1) is 13.2. The number of rotatable bonds is 4. The van der Waals surface area contributed by atoms with Crippen molar-refractivity contribution in [3.05, 3.63) is 46.2 Å². The SMILES string of the molecule is COC(=O)c1nnn(Cc2ccccc2Cl)c1C=O. The van der Waals surface area contributed by atoms with Crippen molar-refractivity contribution in [1.82, 2.24) is 15.0 Å². The van der Waals surface area contributed by atoms with Crippen LogP contribution in [0.4, 0.5) is 0 Å². The summed E-state index contributed by atoms with van der Waals surface area (Å²) in [6.45, 7) is 0.248. The molecular weight excluding hydrogens is 270 g/mol. The minimum atomic E-state index is -0.701. The van der Waals surface area contributed by atoms with Gasteiger partial charge in [0.25, 0.3) is 0 Å². The molecular formula is C12H10ClN3O3. The molecule has 7 heteroatoms. The molecule has 0 radical (unpaired) electrons. The maximum atomic E-state index is 11.4. The normalized spacial score (nSPS) is 10.2. The van der Waals surface area contributed by atoms with Crippen LogP contribution in [0.25, 0.3) is 0 Å². The van der Waals surface area contributed by atoms with Gasteiger partial charge in [0, 0.05) is 5.02 Å². The van der Waals surface area contributed by atoms with Crippen LogP contribution < -0.4 is 0 Å². The molecule has 0 saturated carbocycles. The molecule has 0 bridgehead atoms. The van der Waals surface area contributed by atoms with Gasteiger partial charge in [0.1, 0.15) is 5.69 Å². The Hall–Kier alpha value is -2.21. The second kappa shape index (κ2) is 5.62. The third kappa shape index (κ3) is 2.63. The lowest BCUT2D eigenvalue weighted by molar-refractivity contribution is 0.0591. The lowest BCUT2D eigenvalue weighted by Gasteiger charge is -2.04. The molecule has 98 valence electrons. The summed E-state index contributed by atoms with van der Waals surface area (Å²) in [5.41, 5.74) is 0.727. The lowest BCUT2D eigenvalue weighted by Crippen LogP contribution is -2.10. The molecule has 0 spiro atoms. The zero-order valence-electron chi connectivity index (χ0n) is 10.0. The molecule has 0 N–H and O–H groups in total. The van der Waals surface area contributed by atoms with E-state index in [0.29, 0.717) is 11.3 Å². The number of halogens is 1. The van der Waals surface area contributed by atoms with Gasteiger partial charge in [0.05, 0.1) is 13.7 Å². The minimum Gasteiger partial charge on any atom is -0.464 e. The highest BCUT2D eigenvalue weighted by atomic mass is 35.5. The molecule has 2 aromatic rings. The van der Waals surface area contributed by atoms with Crippen molar-refractivity contribution >= 4 is 23.9 Å². The summed E-state index contributed by atoms with van der Waals surface area (Å²) in [7, 11) is 1.21. The van der Waals surface area contributed by atoms with Crippen molar-refractivity contribution in [2.45, 2.75) is 6.54 Å². The number of benzene rings is 1. The minimum absolute atomic E-state index is 0.0618. The van der Waals surface area contributed by atoms with Gasteiger partial charge in [-0.1, -0.05) is 35.0 Å². The number of aromatic nitrogens is 3. The van der Waals surface area contributed by atoms with E-state index < -0.39 is 5.97 Å². The first-order valence-electron chi connectivity index (χ1n) is 5.37. The van der Waals surface area contributed by atoms with Crippen molar-refractivity contribution in [1.29, 1.82) is 0 Å². The number of esters is 1. The maximum Gasteiger partial charge on any atom is 0.361 e.